The van der Waals surface area contributed by atoms with E-state index < -0.39 is 0 Å². The van der Waals surface area contributed by atoms with Crippen LogP contribution in [-0.2, 0) is 13.1 Å². The second-order valence-electron chi connectivity index (χ2n) is 4.89. The summed E-state index contributed by atoms with van der Waals surface area (Å²) in [6.07, 6.45) is 5.76. The third-order valence-electron chi connectivity index (χ3n) is 3.27. The highest BCUT2D eigenvalue weighted by molar-refractivity contribution is 14.0. The third-order valence-corrected chi connectivity index (χ3v) is 4.13. The number of nitrogens with zero attached hydrogens (tertiary/aromatic N) is 3. The number of nitrogens with one attached hydrogen (secondary N) is 2. The van der Waals surface area contributed by atoms with Gasteiger partial charge in [0.1, 0.15) is 6.26 Å². The zero-order valence-electron chi connectivity index (χ0n) is 13.3. The zero-order chi connectivity index (χ0) is 15.9. The van der Waals surface area contributed by atoms with Crippen LogP contribution >= 0.6 is 35.3 Å². The van der Waals surface area contributed by atoms with E-state index in [-0.39, 0.29) is 24.0 Å². The zero-order valence-corrected chi connectivity index (χ0v) is 16.5. The summed E-state index contributed by atoms with van der Waals surface area (Å²) in [5.41, 5.74) is 0.849. The number of rotatable bonds is 6. The van der Waals surface area contributed by atoms with Gasteiger partial charge in [0.2, 0.25) is 5.89 Å². The Morgan fingerprint density at radius 2 is 2.12 bits per heavy atom. The summed E-state index contributed by atoms with van der Waals surface area (Å²) in [4.78, 5) is 9.71. The van der Waals surface area contributed by atoms with Gasteiger partial charge >= 0.3 is 0 Å². The molecule has 8 heteroatoms. The molecule has 0 unspecified atom stereocenters. The minimum atomic E-state index is 0. The van der Waals surface area contributed by atoms with Crippen LogP contribution in [0.4, 0.5) is 0 Å². The van der Waals surface area contributed by atoms with E-state index in [1.807, 2.05) is 42.0 Å². The van der Waals surface area contributed by atoms with Crippen LogP contribution in [0, 0.1) is 0 Å². The second-order valence-corrected chi connectivity index (χ2v) is 5.84. The average molecular weight is 457 g/mol. The Labute approximate surface area is 162 Å². The molecule has 0 bridgehead atoms. The van der Waals surface area contributed by atoms with Crippen molar-refractivity contribution in [3.63, 3.8) is 0 Å². The Morgan fingerprint density at radius 1 is 1.29 bits per heavy atom. The van der Waals surface area contributed by atoms with Crippen LogP contribution in [0.1, 0.15) is 5.69 Å². The summed E-state index contributed by atoms with van der Waals surface area (Å²) >= 11 is 1.61. The largest absolute Gasteiger partial charge is 0.443 e. The van der Waals surface area contributed by atoms with Crippen LogP contribution in [-0.4, -0.2) is 29.1 Å². The highest BCUT2D eigenvalue weighted by Gasteiger charge is 2.07. The molecule has 0 spiro atoms. The van der Waals surface area contributed by atoms with Crippen molar-refractivity contribution in [3.8, 4) is 10.8 Å². The predicted molar refractivity (Wildman–Crippen MR) is 108 cm³/mol. The summed E-state index contributed by atoms with van der Waals surface area (Å²) in [5.74, 6) is 1.41. The molecule has 0 atom stereocenters. The molecule has 24 heavy (non-hydrogen) atoms. The molecule has 128 valence electrons. The first-order valence-electron chi connectivity index (χ1n) is 7.38. The van der Waals surface area contributed by atoms with Crippen molar-refractivity contribution in [1.29, 1.82) is 0 Å². The van der Waals surface area contributed by atoms with Gasteiger partial charge in [-0.1, -0.05) is 6.07 Å². The second kappa shape index (κ2) is 9.48. The van der Waals surface area contributed by atoms with E-state index >= 15 is 0 Å². The van der Waals surface area contributed by atoms with Gasteiger partial charge in [0, 0.05) is 32.5 Å². The van der Waals surface area contributed by atoms with Crippen LogP contribution < -0.4 is 10.6 Å². The lowest BCUT2D eigenvalue weighted by atomic mass is 10.4. The number of thiophene rings is 1. The fourth-order valence-corrected chi connectivity index (χ4v) is 2.77. The smallest absolute Gasteiger partial charge is 0.236 e. The van der Waals surface area contributed by atoms with E-state index in [0.717, 1.165) is 29.6 Å². The van der Waals surface area contributed by atoms with E-state index in [1.54, 1.807) is 24.6 Å². The molecule has 2 N–H and O–H groups in total. The summed E-state index contributed by atoms with van der Waals surface area (Å²) in [5, 5.41) is 8.52. The Balaban J connectivity index is 0.00000208. The maximum absolute atomic E-state index is 5.50. The van der Waals surface area contributed by atoms with E-state index in [9.17, 15) is 0 Å². The Bertz CT molecular complexity index is 736. The van der Waals surface area contributed by atoms with Crippen LogP contribution in [0.3, 0.4) is 0 Å². The monoisotopic (exact) mass is 457 g/mol. The summed E-state index contributed by atoms with van der Waals surface area (Å²) in [6, 6.07) is 8.01. The molecule has 3 heterocycles. The number of halogens is 1. The first-order valence-corrected chi connectivity index (χ1v) is 8.26. The van der Waals surface area contributed by atoms with Crippen LogP contribution in [0.5, 0.6) is 0 Å². The van der Waals surface area contributed by atoms with Crippen molar-refractivity contribution >= 4 is 41.3 Å². The average Bonchev–Trinajstić information content (AvgIpc) is 3.32. The van der Waals surface area contributed by atoms with Gasteiger partial charge in [-0.2, -0.15) is 0 Å². The molecule has 3 aromatic heterocycles. The van der Waals surface area contributed by atoms with Crippen molar-refractivity contribution in [3.05, 3.63) is 54.0 Å². The van der Waals surface area contributed by atoms with E-state index in [4.69, 9.17) is 4.42 Å². The lowest BCUT2D eigenvalue weighted by Gasteiger charge is -2.11. The van der Waals surface area contributed by atoms with Crippen molar-refractivity contribution < 1.29 is 4.42 Å². The molecule has 0 radical (unpaired) electrons. The first kappa shape index (κ1) is 18.5. The molecular weight excluding hydrogens is 437 g/mol. The molecular formula is C16H20IN5OS. The van der Waals surface area contributed by atoms with Crippen molar-refractivity contribution in [2.75, 3.05) is 13.6 Å². The van der Waals surface area contributed by atoms with Gasteiger partial charge in [-0.25, -0.2) is 4.98 Å². The molecule has 0 aromatic carbocycles. The highest BCUT2D eigenvalue weighted by atomic mass is 127. The minimum Gasteiger partial charge on any atom is -0.443 e. The molecule has 0 saturated carbocycles. The molecule has 0 aliphatic carbocycles. The molecule has 0 fully saturated rings. The maximum atomic E-state index is 5.50. The van der Waals surface area contributed by atoms with Gasteiger partial charge in [-0.15, -0.1) is 35.3 Å². The van der Waals surface area contributed by atoms with Crippen LogP contribution in [0.25, 0.3) is 10.8 Å². The molecule has 0 saturated heterocycles. The SMILES string of the molecule is CN=C(NCCn1cccc1)NCc1coc(-c2cccs2)n1.I. The lowest BCUT2D eigenvalue weighted by Crippen LogP contribution is -2.38. The Kier molecular flexibility index (Phi) is 7.32. The standard InChI is InChI=1S/C16H19N5OS.HI/c1-17-16(18-6-9-21-7-2-3-8-21)19-11-13-12-22-15(20-13)14-5-4-10-23-14;/h2-5,7-8,10,12H,6,9,11H2,1H3,(H2,17,18,19);1H. The molecule has 6 nitrogen and oxygen atoms in total. The van der Waals surface area contributed by atoms with E-state index in [0.29, 0.717) is 12.4 Å². The Hall–Kier alpha value is -1.81. The Morgan fingerprint density at radius 3 is 2.83 bits per heavy atom. The molecule has 0 aliphatic rings. The minimum absolute atomic E-state index is 0. The van der Waals surface area contributed by atoms with Crippen LogP contribution in [0.15, 0.2) is 57.7 Å². The normalized spacial score (nSPS) is 11.1. The maximum Gasteiger partial charge on any atom is 0.236 e. The van der Waals surface area contributed by atoms with Gasteiger partial charge in [0.05, 0.1) is 17.1 Å². The topological polar surface area (TPSA) is 67.4 Å². The predicted octanol–water partition coefficient (Wildman–Crippen LogP) is 3.19. The van der Waals surface area contributed by atoms with Crippen molar-refractivity contribution in [2.24, 2.45) is 4.99 Å². The fourth-order valence-electron chi connectivity index (χ4n) is 2.12. The summed E-state index contributed by atoms with van der Waals surface area (Å²) < 4.78 is 7.62. The van der Waals surface area contributed by atoms with Gasteiger partial charge in [-0.05, 0) is 23.6 Å². The molecule has 3 rings (SSSR count). The van der Waals surface area contributed by atoms with Crippen molar-refractivity contribution in [2.45, 2.75) is 13.1 Å². The lowest BCUT2D eigenvalue weighted by molar-refractivity contribution is 0.573. The molecule has 3 aromatic rings. The fraction of sp³-hybridized carbons (Fsp3) is 0.250. The van der Waals surface area contributed by atoms with Gasteiger partial charge in [0.15, 0.2) is 5.96 Å². The van der Waals surface area contributed by atoms with E-state index in [2.05, 4.69) is 25.2 Å². The molecule has 0 amide bonds. The summed E-state index contributed by atoms with van der Waals surface area (Å²) in [6.45, 7) is 2.26. The summed E-state index contributed by atoms with van der Waals surface area (Å²) in [7, 11) is 1.75. The van der Waals surface area contributed by atoms with Gasteiger partial charge in [-0.3, -0.25) is 4.99 Å². The highest BCUT2D eigenvalue weighted by Crippen LogP contribution is 2.23. The number of oxazole rings is 1. The number of aromatic nitrogens is 2. The van der Waals surface area contributed by atoms with E-state index in [1.165, 1.54) is 0 Å². The van der Waals surface area contributed by atoms with Crippen molar-refractivity contribution in [1.82, 2.24) is 20.2 Å². The van der Waals surface area contributed by atoms with Crippen LogP contribution in [0.2, 0.25) is 0 Å². The number of guanidine groups is 1. The number of hydrogen-bond donors (Lipinski definition) is 2. The van der Waals surface area contributed by atoms with Gasteiger partial charge in [0.25, 0.3) is 0 Å². The first-order chi connectivity index (χ1) is 11.3. The molecule has 0 aliphatic heterocycles. The van der Waals surface area contributed by atoms with Gasteiger partial charge < -0.3 is 19.6 Å². The third kappa shape index (κ3) is 5.10. The number of aliphatic imine (C=N–C) groups is 1. The number of hydrogen-bond acceptors (Lipinski definition) is 4. The quantitative estimate of drug-likeness (QED) is 0.339.